The van der Waals surface area contributed by atoms with Crippen LogP contribution in [0.1, 0.15) is 33.6 Å². The third-order valence-electron chi connectivity index (χ3n) is 3.81. The van der Waals surface area contributed by atoms with Crippen LogP contribution >= 0.6 is 0 Å². The first kappa shape index (κ1) is 15.8. The monoisotopic (exact) mass is 271 g/mol. The van der Waals surface area contributed by atoms with E-state index >= 15 is 0 Å². The second-order valence-corrected chi connectivity index (χ2v) is 5.64. The second kappa shape index (κ2) is 6.23. The van der Waals surface area contributed by atoms with E-state index in [-0.39, 0.29) is 12.1 Å². The summed E-state index contributed by atoms with van der Waals surface area (Å²) in [6.45, 7) is 7.18. The average molecular weight is 271 g/mol. The Labute approximate surface area is 114 Å². The summed E-state index contributed by atoms with van der Waals surface area (Å²) >= 11 is 0. The van der Waals surface area contributed by atoms with E-state index in [2.05, 4.69) is 17.3 Å². The molecule has 1 rings (SSSR count). The largest absolute Gasteiger partial charge is 0.480 e. The molecule has 0 spiro atoms. The smallest absolute Gasteiger partial charge is 0.329 e. The Hall–Kier alpha value is -1.30. The van der Waals surface area contributed by atoms with Crippen molar-refractivity contribution in [1.29, 1.82) is 0 Å². The minimum absolute atomic E-state index is 0.141. The van der Waals surface area contributed by atoms with Gasteiger partial charge in [0.25, 0.3) is 0 Å². The van der Waals surface area contributed by atoms with Crippen LogP contribution in [0.25, 0.3) is 0 Å². The van der Waals surface area contributed by atoms with Gasteiger partial charge in [0.05, 0.1) is 0 Å². The maximum atomic E-state index is 12.2. The van der Waals surface area contributed by atoms with Gasteiger partial charge in [-0.15, -0.1) is 0 Å². The lowest BCUT2D eigenvalue weighted by molar-refractivity contribution is -0.147. The number of carbonyl (C=O) groups is 2. The maximum Gasteiger partial charge on any atom is 0.329 e. The molecule has 1 aliphatic rings. The molecular weight excluding hydrogens is 246 g/mol. The van der Waals surface area contributed by atoms with E-state index in [1.165, 1.54) is 4.90 Å². The van der Waals surface area contributed by atoms with Crippen molar-refractivity contribution < 1.29 is 14.7 Å². The summed E-state index contributed by atoms with van der Waals surface area (Å²) in [5, 5.41) is 12.2. The number of piperidine rings is 1. The summed E-state index contributed by atoms with van der Waals surface area (Å²) in [5.74, 6) is -0.993. The van der Waals surface area contributed by atoms with Crippen LogP contribution in [0.4, 0.5) is 4.79 Å². The molecule has 6 heteroatoms. The molecule has 0 aliphatic carbocycles. The molecule has 19 heavy (non-hydrogen) atoms. The Morgan fingerprint density at radius 2 is 1.89 bits per heavy atom. The van der Waals surface area contributed by atoms with E-state index in [0.29, 0.717) is 6.54 Å². The molecule has 0 aromatic rings. The number of hydrogen-bond donors (Lipinski definition) is 2. The Morgan fingerprint density at radius 1 is 1.37 bits per heavy atom. The van der Waals surface area contributed by atoms with Gasteiger partial charge in [0.2, 0.25) is 0 Å². The zero-order valence-corrected chi connectivity index (χ0v) is 12.3. The number of likely N-dealkylation sites (N-methyl/N-ethyl adjacent to an activating group) is 1. The number of likely N-dealkylation sites (tertiary alicyclic amines) is 1. The van der Waals surface area contributed by atoms with Gasteiger partial charge in [-0.05, 0) is 53.8 Å². The fourth-order valence-corrected chi connectivity index (χ4v) is 2.31. The lowest BCUT2D eigenvalue weighted by atomic mass is 10.0. The average Bonchev–Trinajstić information content (AvgIpc) is 2.32. The van der Waals surface area contributed by atoms with Crippen LogP contribution < -0.4 is 5.32 Å². The Kier molecular flexibility index (Phi) is 5.17. The lowest BCUT2D eigenvalue weighted by Crippen LogP contribution is -2.58. The van der Waals surface area contributed by atoms with Gasteiger partial charge in [0.15, 0.2) is 0 Å². The molecule has 2 amide bonds. The van der Waals surface area contributed by atoms with Gasteiger partial charge < -0.3 is 20.2 Å². The zero-order chi connectivity index (χ0) is 14.6. The molecule has 0 bridgehead atoms. The normalized spacial score (nSPS) is 18.1. The number of nitrogens with zero attached hydrogens (tertiary/aromatic N) is 2. The SMILES string of the molecule is CCN(C(=O)NC1CCN(C)CC1)C(C)(C)C(=O)O. The van der Waals surface area contributed by atoms with Crippen molar-refractivity contribution in [1.82, 2.24) is 15.1 Å². The minimum Gasteiger partial charge on any atom is -0.480 e. The Balaban J connectivity index is 2.62. The molecule has 110 valence electrons. The van der Waals surface area contributed by atoms with Crippen LogP contribution in [0.3, 0.4) is 0 Å². The van der Waals surface area contributed by atoms with Crippen molar-refractivity contribution in [2.24, 2.45) is 0 Å². The van der Waals surface area contributed by atoms with E-state index in [4.69, 9.17) is 0 Å². The summed E-state index contributed by atoms with van der Waals surface area (Å²) in [7, 11) is 2.06. The first-order chi connectivity index (χ1) is 8.78. The maximum absolute atomic E-state index is 12.2. The van der Waals surface area contributed by atoms with Gasteiger partial charge in [0, 0.05) is 12.6 Å². The topological polar surface area (TPSA) is 72.9 Å². The van der Waals surface area contributed by atoms with Gasteiger partial charge >= 0.3 is 12.0 Å². The van der Waals surface area contributed by atoms with Crippen LogP contribution in [0, 0.1) is 0 Å². The number of aliphatic carboxylic acids is 1. The van der Waals surface area contributed by atoms with Gasteiger partial charge in [-0.25, -0.2) is 9.59 Å². The van der Waals surface area contributed by atoms with Gasteiger partial charge in [-0.2, -0.15) is 0 Å². The number of carbonyl (C=O) groups excluding carboxylic acids is 1. The molecule has 0 aromatic heterocycles. The van der Waals surface area contributed by atoms with Crippen molar-refractivity contribution in [3.63, 3.8) is 0 Å². The van der Waals surface area contributed by atoms with Crippen molar-refractivity contribution in [3.8, 4) is 0 Å². The molecule has 0 aromatic carbocycles. The first-order valence-corrected chi connectivity index (χ1v) is 6.79. The lowest BCUT2D eigenvalue weighted by Gasteiger charge is -2.37. The van der Waals surface area contributed by atoms with Crippen LogP contribution in [0.2, 0.25) is 0 Å². The predicted octanol–water partition coefficient (Wildman–Crippen LogP) is 0.975. The standard InChI is InChI=1S/C13H25N3O3/c1-5-16(13(2,3)11(17)18)12(19)14-10-6-8-15(4)9-7-10/h10H,5-9H2,1-4H3,(H,14,19)(H,17,18). The number of rotatable bonds is 4. The summed E-state index contributed by atoms with van der Waals surface area (Å²) in [4.78, 5) is 27.0. The van der Waals surface area contributed by atoms with E-state index in [1.54, 1.807) is 20.8 Å². The van der Waals surface area contributed by atoms with Gasteiger partial charge in [-0.1, -0.05) is 0 Å². The van der Waals surface area contributed by atoms with Crippen molar-refractivity contribution in [3.05, 3.63) is 0 Å². The van der Waals surface area contributed by atoms with Crippen LogP contribution in [-0.4, -0.2) is 65.2 Å². The number of amides is 2. The van der Waals surface area contributed by atoms with Gasteiger partial charge in [-0.3, -0.25) is 0 Å². The summed E-state index contributed by atoms with van der Waals surface area (Å²) < 4.78 is 0. The highest BCUT2D eigenvalue weighted by atomic mass is 16.4. The van der Waals surface area contributed by atoms with Crippen molar-refractivity contribution >= 4 is 12.0 Å². The highest BCUT2D eigenvalue weighted by Gasteiger charge is 2.37. The van der Waals surface area contributed by atoms with Crippen LogP contribution in [-0.2, 0) is 4.79 Å². The zero-order valence-electron chi connectivity index (χ0n) is 12.3. The van der Waals surface area contributed by atoms with Crippen molar-refractivity contribution in [2.75, 3.05) is 26.7 Å². The molecule has 6 nitrogen and oxygen atoms in total. The number of carboxylic acid groups (broad SMARTS) is 1. The highest BCUT2D eigenvalue weighted by molar-refractivity contribution is 5.85. The fraction of sp³-hybridized carbons (Fsp3) is 0.846. The summed E-state index contributed by atoms with van der Waals surface area (Å²) in [5.41, 5.74) is -1.19. The number of carboxylic acids is 1. The summed E-state index contributed by atoms with van der Waals surface area (Å²) in [6, 6.07) is -0.146. The summed E-state index contributed by atoms with van der Waals surface area (Å²) in [6.07, 6.45) is 1.82. The minimum atomic E-state index is -1.19. The van der Waals surface area contributed by atoms with Crippen LogP contribution in [0.5, 0.6) is 0 Å². The molecule has 0 atom stereocenters. The first-order valence-electron chi connectivity index (χ1n) is 6.79. The molecular formula is C13H25N3O3. The highest BCUT2D eigenvalue weighted by Crippen LogP contribution is 2.16. The fourth-order valence-electron chi connectivity index (χ4n) is 2.31. The van der Waals surface area contributed by atoms with E-state index in [1.807, 2.05) is 0 Å². The number of urea groups is 1. The Morgan fingerprint density at radius 3 is 2.32 bits per heavy atom. The molecule has 0 unspecified atom stereocenters. The number of hydrogen-bond acceptors (Lipinski definition) is 3. The quantitative estimate of drug-likeness (QED) is 0.799. The number of nitrogens with one attached hydrogen (secondary N) is 1. The third-order valence-corrected chi connectivity index (χ3v) is 3.81. The molecule has 1 heterocycles. The van der Waals surface area contributed by atoms with E-state index in [9.17, 15) is 14.7 Å². The Bertz CT molecular complexity index is 336. The third kappa shape index (κ3) is 3.83. The molecule has 1 aliphatic heterocycles. The van der Waals surface area contributed by atoms with Crippen LogP contribution in [0.15, 0.2) is 0 Å². The van der Waals surface area contributed by atoms with E-state index < -0.39 is 11.5 Å². The van der Waals surface area contributed by atoms with Gasteiger partial charge in [0.1, 0.15) is 5.54 Å². The molecule has 1 saturated heterocycles. The predicted molar refractivity (Wildman–Crippen MR) is 73.1 cm³/mol. The van der Waals surface area contributed by atoms with Crippen molar-refractivity contribution in [2.45, 2.75) is 45.2 Å². The van der Waals surface area contributed by atoms with E-state index in [0.717, 1.165) is 25.9 Å². The molecule has 0 radical (unpaired) electrons. The molecule has 0 saturated carbocycles. The molecule has 2 N–H and O–H groups in total. The molecule has 1 fully saturated rings. The second-order valence-electron chi connectivity index (χ2n) is 5.64.